The molecule has 0 unspecified atom stereocenters. The first-order valence-electron chi connectivity index (χ1n) is 8.78. The van der Waals surface area contributed by atoms with E-state index in [0.29, 0.717) is 23.7 Å². The van der Waals surface area contributed by atoms with Crippen molar-refractivity contribution in [1.29, 1.82) is 0 Å². The molecule has 27 heavy (non-hydrogen) atoms. The molecule has 0 aliphatic rings. The van der Waals surface area contributed by atoms with Crippen molar-refractivity contribution in [3.8, 4) is 11.1 Å². The van der Waals surface area contributed by atoms with Gasteiger partial charge in [0, 0.05) is 18.3 Å². The van der Waals surface area contributed by atoms with Gasteiger partial charge in [-0.2, -0.15) is 5.10 Å². The maximum absolute atomic E-state index is 11.8. The summed E-state index contributed by atoms with van der Waals surface area (Å²) in [5, 5.41) is 15.6. The zero-order valence-corrected chi connectivity index (χ0v) is 16.1. The summed E-state index contributed by atoms with van der Waals surface area (Å²) >= 11 is 4.95. The third-order valence-corrected chi connectivity index (χ3v) is 4.38. The normalized spacial score (nSPS) is 10.9. The lowest BCUT2D eigenvalue weighted by Crippen LogP contribution is -2.11. The van der Waals surface area contributed by atoms with Gasteiger partial charge in [-0.15, -0.1) is 0 Å². The van der Waals surface area contributed by atoms with E-state index in [2.05, 4.69) is 23.9 Å². The lowest BCUT2D eigenvalue weighted by molar-refractivity contribution is 0.0697. The number of thiocarbonyl (C=S) groups is 1. The molecule has 3 rings (SSSR count). The number of carboxylic acids is 1. The fraction of sp³-hybridized carbons (Fsp3) is 0.238. The van der Waals surface area contributed by atoms with Gasteiger partial charge in [0.2, 0.25) is 0 Å². The zero-order valence-electron chi connectivity index (χ0n) is 15.3. The second-order valence-corrected chi connectivity index (χ2v) is 7.04. The molecule has 0 aliphatic heterocycles. The summed E-state index contributed by atoms with van der Waals surface area (Å²) in [6.45, 7) is 4.96. The van der Waals surface area contributed by atoms with Gasteiger partial charge < -0.3 is 5.11 Å². The molecular formula is C21H21N3O2S. The van der Waals surface area contributed by atoms with Crippen molar-refractivity contribution in [3.63, 3.8) is 0 Å². The van der Waals surface area contributed by atoms with E-state index in [1.807, 2.05) is 47.1 Å². The molecule has 0 saturated heterocycles. The molecule has 0 aliphatic carbocycles. The molecule has 0 fully saturated rings. The van der Waals surface area contributed by atoms with E-state index in [4.69, 9.17) is 12.2 Å². The molecule has 0 bridgehead atoms. The van der Waals surface area contributed by atoms with Gasteiger partial charge in [-0.3, -0.25) is 0 Å². The lowest BCUT2D eigenvalue weighted by atomic mass is 9.96. The summed E-state index contributed by atoms with van der Waals surface area (Å²) in [5.74, 6) is 0.765. The van der Waals surface area contributed by atoms with Crippen LogP contribution in [0.3, 0.4) is 0 Å². The van der Waals surface area contributed by atoms with Crippen LogP contribution < -0.4 is 0 Å². The highest BCUT2D eigenvalue weighted by molar-refractivity contribution is 7.79. The first kappa shape index (κ1) is 18.9. The van der Waals surface area contributed by atoms with Crippen LogP contribution in [0.4, 0.5) is 0 Å². The fourth-order valence-electron chi connectivity index (χ4n) is 3.00. The number of nitrogens with zero attached hydrogens (tertiary/aromatic N) is 3. The van der Waals surface area contributed by atoms with E-state index in [1.165, 1.54) is 5.37 Å². The largest absolute Gasteiger partial charge is 0.478 e. The molecule has 1 heterocycles. The van der Waals surface area contributed by atoms with Crippen LogP contribution in [-0.4, -0.2) is 31.2 Å². The van der Waals surface area contributed by atoms with Gasteiger partial charge >= 0.3 is 5.97 Å². The number of hydrogen-bond donors (Lipinski definition) is 1. The van der Waals surface area contributed by atoms with Crippen LogP contribution in [0.5, 0.6) is 0 Å². The Kier molecular flexibility index (Phi) is 5.76. The average molecular weight is 379 g/mol. The number of carbonyl (C=O) groups is 1. The molecule has 5 nitrogen and oxygen atoms in total. The highest BCUT2D eigenvalue weighted by Gasteiger charge is 2.15. The van der Waals surface area contributed by atoms with E-state index in [-0.39, 0.29) is 5.56 Å². The van der Waals surface area contributed by atoms with Crippen LogP contribution in [0.15, 0.2) is 48.5 Å². The SMILES string of the molecule is CC(C)Cn1nc(C=S)nc1Cc1ccc(-c2ccccc2)c(C(=O)O)c1. The molecule has 0 radical (unpaired) electrons. The third kappa shape index (κ3) is 4.46. The number of aromatic carboxylic acids is 1. The van der Waals surface area contributed by atoms with Crippen LogP contribution in [0.25, 0.3) is 11.1 Å². The van der Waals surface area contributed by atoms with Gasteiger partial charge in [-0.05, 0) is 28.7 Å². The summed E-state index contributed by atoms with van der Waals surface area (Å²) in [6, 6.07) is 15.0. The number of benzene rings is 2. The fourth-order valence-corrected chi connectivity index (χ4v) is 3.10. The average Bonchev–Trinajstić information content (AvgIpc) is 3.03. The second kappa shape index (κ2) is 8.22. The molecule has 2 aromatic carbocycles. The summed E-state index contributed by atoms with van der Waals surface area (Å²) < 4.78 is 1.86. The van der Waals surface area contributed by atoms with E-state index >= 15 is 0 Å². The molecular weight excluding hydrogens is 358 g/mol. The number of aromatic nitrogens is 3. The van der Waals surface area contributed by atoms with Gasteiger partial charge in [0.15, 0.2) is 5.82 Å². The van der Waals surface area contributed by atoms with Crippen molar-refractivity contribution < 1.29 is 9.90 Å². The van der Waals surface area contributed by atoms with E-state index < -0.39 is 5.97 Å². The van der Waals surface area contributed by atoms with Crippen LogP contribution >= 0.6 is 12.2 Å². The van der Waals surface area contributed by atoms with Gasteiger partial charge in [0.05, 0.1) is 5.56 Å². The van der Waals surface area contributed by atoms with Crippen LogP contribution in [-0.2, 0) is 13.0 Å². The molecule has 3 aromatic rings. The Hall–Kier alpha value is -2.86. The van der Waals surface area contributed by atoms with E-state index in [1.54, 1.807) is 6.07 Å². The molecule has 1 aromatic heterocycles. The monoisotopic (exact) mass is 379 g/mol. The summed E-state index contributed by atoms with van der Waals surface area (Å²) in [7, 11) is 0. The number of hydrogen-bond acceptors (Lipinski definition) is 4. The van der Waals surface area contributed by atoms with Crippen molar-refractivity contribution in [2.24, 2.45) is 5.92 Å². The van der Waals surface area contributed by atoms with E-state index in [9.17, 15) is 9.90 Å². The minimum Gasteiger partial charge on any atom is -0.478 e. The van der Waals surface area contributed by atoms with Crippen LogP contribution in [0.2, 0.25) is 0 Å². The Labute approximate surface area is 163 Å². The van der Waals surface area contributed by atoms with Gasteiger partial charge in [-0.25, -0.2) is 14.5 Å². The second-order valence-electron chi connectivity index (χ2n) is 6.81. The molecule has 1 N–H and O–H groups in total. The van der Waals surface area contributed by atoms with Gasteiger partial charge in [0.1, 0.15) is 5.82 Å². The molecule has 138 valence electrons. The standard InChI is InChI=1S/C21H21N3O2S/c1-14(2)12-24-20(22-19(13-27)23-24)11-15-8-9-17(18(10-15)21(25)26)16-6-4-3-5-7-16/h3-10,13-14H,11-12H2,1-2H3,(H,25,26). The molecule has 0 amide bonds. The lowest BCUT2D eigenvalue weighted by Gasteiger charge is -2.11. The van der Waals surface area contributed by atoms with Crippen molar-refractivity contribution in [2.45, 2.75) is 26.8 Å². The van der Waals surface area contributed by atoms with Crippen LogP contribution in [0, 0.1) is 5.92 Å². The zero-order chi connectivity index (χ0) is 19.4. The van der Waals surface area contributed by atoms with Gasteiger partial charge in [-0.1, -0.05) is 68.5 Å². The van der Waals surface area contributed by atoms with Gasteiger partial charge in [0.25, 0.3) is 0 Å². The Morgan fingerprint density at radius 2 is 1.96 bits per heavy atom. The third-order valence-electron chi connectivity index (χ3n) is 4.17. The Bertz CT molecular complexity index is 965. The first-order valence-corrected chi connectivity index (χ1v) is 9.25. The summed E-state index contributed by atoms with van der Waals surface area (Å²) in [5.41, 5.74) is 2.74. The number of carboxylic acid groups (broad SMARTS) is 1. The van der Waals surface area contributed by atoms with Crippen molar-refractivity contribution in [1.82, 2.24) is 14.8 Å². The topological polar surface area (TPSA) is 68.0 Å². The Balaban J connectivity index is 1.97. The molecule has 6 heteroatoms. The number of rotatable bonds is 7. The maximum atomic E-state index is 11.8. The van der Waals surface area contributed by atoms with Crippen molar-refractivity contribution >= 4 is 23.6 Å². The van der Waals surface area contributed by atoms with Crippen LogP contribution in [0.1, 0.15) is 41.4 Å². The quantitative estimate of drug-likeness (QED) is 0.622. The predicted molar refractivity (Wildman–Crippen MR) is 109 cm³/mol. The minimum atomic E-state index is -0.945. The van der Waals surface area contributed by atoms with Crippen molar-refractivity contribution in [3.05, 3.63) is 71.3 Å². The highest BCUT2D eigenvalue weighted by Crippen LogP contribution is 2.25. The minimum absolute atomic E-state index is 0.281. The maximum Gasteiger partial charge on any atom is 0.336 e. The molecule has 0 saturated carbocycles. The van der Waals surface area contributed by atoms with E-state index in [0.717, 1.165) is 23.5 Å². The molecule has 0 spiro atoms. The van der Waals surface area contributed by atoms with Crippen molar-refractivity contribution in [2.75, 3.05) is 0 Å². The molecule has 0 atom stereocenters. The summed E-state index contributed by atoms with van der Waals surface area (Å²) in [4.78, 5) is 16.3. The Morgan fingerprint density at radius 3 is 2.59 bits per heavy atom. The summed E-state index contributed by atoms with van der Waals surface area (Å²) in [6.07, 6.45) is 0.498. The highest BCUT2D eigenvalue weighted by atomic mass is 32.1. The first-order chi connectivity index (χ1) is 13.0. The predicted octanol–water partition coefficient (Wildman–Crippen LogP) is 4.24. The Morgan fingerprint density at radius 1 is 1.22 bits per heavy atom. The smallest absolute Gasteiger partial charge is 0.336 e.